The molecule has 2 aromatic rings. The monoisotopic (exact) mass is 240 g/mol. The standard InChI is InChI=1S/C13H8N2OS/c16-17-7-15-12-4-3-9-10(13(12)17)2-1-8-5-14-6-11(8)9/h1-6H,7H2. The molecule has 4 rings (SSSR count). The van der Waals surface area contributed by atoms with E-state index in [1.54, 1.807) is 0 Å². The van der Waals surface area contributed by atoms with Crippen molar-refractivity contribution in [2.45, 2.75) is 4.90 Å². The van der Waals surface area contributed by atoms with Gasteiger partial charge in [-0.3, -0.25) is 14.2 Å². The van der Waals surface area contributed by atoms with Gasteiger partial charge in [0.15, 0.2) is 0 Å². The van der Waals surface area contributed by atoms with E-state index in [9.17, 15) is 4.21 Å². The molecular formula is C13H8N2OS. The second kappa shape index (κ2) is 3.11. The second-order valence-corrected chi connectivity index (χ2v) is 5.47. The van der Waals surface area contributed by atoms with E-state index in [0.717, 1.165) is 31.8 Å². The Labute approximate surface area is 99.7 Å². The van der Waals surface area contributed by atoms with Crippen LogP contribution in [0, 0.1) is 0 Å². The number of hydrogen-bond donors (Lipinski definition) is 0. The van der Waals surface area contributed by atoms with E-state index >= 15 is 0 Å². The molecule has 0 aromatic heterocycles. The van der Waals surface area contributed by atoms with E-state index in [-0.39, 0.29) is 0 Å². The zero-order chi connectivity index (χ0) is 11.4. The maximum atomic E-state index is 12.0. The fraction of sp³-hybridized carbons (Fsp3) is 0.0769. The molecule has 0 amide bonds. The number of benzene rings is 2. The molecule has 0 bridgehead atoms. The van der Waals surface area contributed by atoms with Crippen molar-refractivity contribution in [1.29, 1.82) is 0 Å². The Bertz CT molecular complexity index is 837. The normalized spacial score (nSPS) is 19.9. The van der Waals surface area contributed by atoms with E-state index in [1.165, 1.54) is 0 Å². The molecule has 0 saturated heterocycles. The van der Waals surface area contributed by atoms with Gasteiger partial charge in [-0.25, -0.2) is 0 Å². The summed E-state index contributed by atoms with van der Waals surface area (Å²) in [5.74, 6) is 0.395. The van der Waals surface area contributed by atoms with Crippen molar-refractivity contribution in [2.24, 2.45) is 9.98 Å². The first-order chi connectivity index (χ1) is 8.34. The number of rotatable bonds is 0. The molecule has 17 heavy (non-hydrogen) atoms. The molecule has 4 heteroatoms. The molecule has 2 heterocycles. The molecule has 2 aromatic carbocycles. The summed E-state index contributed by atoms with van der Waals surface area (Å²) in [4.78, 5) is 9.33. The van der Waals surface area contributed by atoms with Gasteiger partial charge < -0.3 is 0 Å². The largest absolute Gasteiger partial charge is 0.270 e. The van der Waals surface area contributed by atoms with E-state index in [1.807, 2.05) is 36.7 Å². The van der Waals surface area contributed by atoms with Crippen LogP contribution in [0.4, 0.5) is 0 Å². The van der Waals surface area contributed by atoms with Crippen molar-refractivity contribution in [2.75, 3.05) is 5.88 Å². The van der Waals surface area contributed by atoms with Crippen molar-refractivity contribution in [3.63, 3.8) is 0 Å². The Morgan fingerprint density at radius 2 is 2.00 bits per heavy atom. The zero-order valence-electron chi connectivity index (χ0n) is 8.88. The highest BCUT2D eigenvalue weighted by Crippen LogP contribution is 2.22. The minimum Gasteiger partial charge on any atom is -0.270 e. The number of hydrogen-bond acceptors (Lipinski definition) is 3. The van der Waals surface area contributed by atoms with Gasteiger partial charge in [0.2, 0.25) is 0 Å². The Hall–Kier alpha value is -1.81. The van der Waals surface area contributed by atoms with Crippen molar-refractivity contribution in [1.82, 2.24) is 0 Å². The average Bonchev–Trinajstić information content (AvgIpc) is 2.95. The van der Waals surface area contributed by atoms with Crippen LogP contribution in [0.15, 0.2) is 39.1 Å². The Kier molecular flexibility index (Phi) is 1.69. The minimum atomic E-state index is -0.990. The van der Waals surface area contributed by atoms with Crippen molar-refractivity contribution in [3.05, 3.63) is 40.4 Å². The Morgan fingerprint density at radius 3 is 2.94 bits per heavy atom. The summed E-state index contributed by atoms with van der Waals surface area (Å²) in [6.45, 7) is 0. The van der Waals surface area contributed by atoms with Gasteiger partial charge in [-0.2, -0.15) is 0 Å². The first kappa shape index (κ1) is 9.24. The summed E-state index contributed by atoms with van der Waals surface area (Å²) in [5.41, 5.74) is 1.12. The van der Waals surface area contributed by atoms with Crippen LogP contribution in [0.3, 0.4) is 0 Å². The van der Waals surface area contributed by atoms with Gasteiger partial charge in [-0.1, -0.05) is 18.2 Å². The van der Waals surface area contributed by atoms with Crippen molar-refractivity contribution in [3.8, 4) is 0 Å². The predicted molar refractivity (Wildman–Crippen MR) is 68.1 cm³/mol. The van der Waals surface area contributed by atoms with Gasteiger partial charge in [0.1, 0.15) is 5.88 Å². The lowest BCUT2D eigenvalue weighted by atomic mass is 10.0. The molecule has 0 radical (unpaired) electrons. The zero-order valence-corrected chi connectivity index (χ0v) is 9.70. The van der Waals surface area contributed by atoms with E-state index in [2.05, 4.69) is 9.98 Å². The van der Waals surface area contributed by atoms with E-state index < -0.39 is 10.8 Å². The molecule has 0 N–H and O–H groups in total. The van der Waals surface area contributed by atoms with Gasteiger partial charge in [0.05, 0.1) is 21.1 Å². The van der Waals surface area contributed by atoms with Gasteiger partial charge in [0.25, 0.3) is 0 Å². The predicted octanol–water partition coefficient (Wildman–Crippen LogP) is 0.709. The second-order valence-electron chi connectivity index (χ2n) is 4.12. The van der Waals surface area contributed by atoms with Crippen LogP contribution < -0.4 is 10.6 Å². The highest BCUT2D eigenvalue weighted by molar-refractivity contribution is 7.85. The molecule has 0 aliphatic carbocycles. The topological polar surface area (TPSA) is 41.8 Å². The lowest BCUT2D eigenvalue weighted by Crippen LogP contribution is -2.09. The number of fused-ring (bicyclic) bond motifs is 5. The number of aliphatic imine (C=N–C) groups is 1. The van der Waals surface area contributed by atoms with Crippen molar-refractivity contribution < 1.29 is 4.21 Å². The summed E-state index contributed by atoms with van der Waals surface area (Å²) in [7, 11) is -0.990. The van der Waals surface area contributed by atoms with Gasteiger partial charge in [-0.15, -0.1) is 0 Å². The van der Waals surface area contributed by atoms with Crippen molar-refractivity contribution >= 4 is 34.0 Å². The fourth-order valence-corrected chi connectivity index (χ4v) is 3.59. The molecule has 2 aliphatic heterocycles. The summed E-state index contributed by atoms with van der Waals surface area (Å²) in [5, 5.41) is 4.15. The molecule has 0 saturated carbocycles. The van der Waals surface area contributed by atoms with Crippen LogP contribution in [0.2, 0.25) is 0 Å². The highest BCUT2D eigenvalue weighted by atomic mass is 32.2. The third kappa shape index (κ3) is 1.13. The smallest absolute Gasteiger partial charge is 0.120 e. The van der Waals surface area contributed by atoms with Crippen LogP contribution >= 0.6 is 0 Å². The minimum absolute atomic E-state index is 0.395. The Balaban J connectivity index is 2.27. The fourth-order valence-electron chi connectivity index (χ4n) is 2.41. The lowest BCUT2D eigenvalue weighted by molar-refractivity contribution is 0.685. The highest BCUT2D eigenvalue weighted by Gasteiger charge is 2.17. The Morgan fingerprint density at radius 1 is 1.12 bits per heavy atom. The van der Waals surface area contributed by atoms with E-state index in [4.69, 9.17) is 0 Å². The SMILES string of the molecule is O=S1CN=c2ccc3c4c(ccc3c21)=CN=C4. The first-order valence-corrected chi connectivity index (χ1v) is 6.68. The first-order valence-electron chi connectivity index (χ1n) is 5.36. The third-order valence-corrected chi connectivity index (χ3v) is 4.45. The molecule has 1 unspecified atom stereocenters. The molecule has 2 aliphatic rings. The molecule has 3 nitrogen and oxygen atoms in total. The summed E-state index contributed by atoms with van der Waals surface area (Å²) < 4.78 is 12.0. The van der Waals surface area contributed by atoms with Gasteiger partial charge in [0, 0.05) is 28.6 Å². The molecule has 1 atom stereocenters. The summed E-state index contributed by atoms with van der Waals surface area (Å²) >= 11 is 0. The van der Waals surface area contributed by atoms with Crippen LogP contribution in [0.5, 0.6) is 0 Å². The van der Waals surface area contributed by atoms with Gasteiger partial charge in [-0.05, 0) is 11.5 Å². The quantitative estimate of drug-likeness (QED) is 0.668. The average molecular weight is 240 g/mol. The van der Waals surface area contributed by atoms with Gasteiger partial charge >= 0.3 is 0 Å². The van der Waals surface area contributed by atoms with Crippen LogP contribution in [-0.4, -0.2) is 16.3 Å². The maximum Gasteiger partial charge on any atom is 0.120 e. The van der Waals surface area contributed by atoms with E-state index in [0.29, 0.717) is 5.88 Å². The molecular weight excluding hydrogens is 232 g/mol. The van der Waals surface area contributed by atoms with Crippen LogP contribution in [0.25, 0.3) is 17.0 Å². The molecule has 0 spiro atoms. The molecule has 0 fully saturated rings. The summed E-state index contributed by atoms with van der Waals surface area (Å²) in [6.07, 6.45) is 3.71. The van der Waals surface area contributed by atoms with Crippen LogP contribution in [0.1, 0.15) is 5.56 Å². The third-order valence-electron chi connectivity index (χ3n) is 3.20. The van der Waals surface area contributed by atoms with Crippen LogP contribution in [-0.2, 0) is 10.8 Å². The maximum absolute atomic E-state index is 12.0. The summed E-state index contributed by atoms with van der Waals surface area (Å²) in [6, 6.07) is 8.05. The molecule has 82 valence electrons. The number of nitrogens with zero attached hydrogens (tertiary/aromatic N) is 2. The lowest BCUT2D eigenvalue weighted by Gasteiger charge is -2.04.